The molecule has 0 aliphatic carbocycles. The van der Waals surface area contributed by atoms with Crippen molar-refractivity contribution in [3.05, 3.63) is 56.7 Å². The minimum atomic E-state index is -0.640. The minimum absolute atomic E-state index is 0.223. The first kappa shape index (κ1) is 13.4. The minimum Gasteiger partial charge on any atom is -0.376 e. The molecule has 0 aliphatic rings. The van der Waals surface area contributed by atoms with E-state index in [1.807, 2.05) is 12.1 Å². The van der Waals surface area contributed by atoms with Gasteiger partial charge in [0.05, 0.1) is 17.9 Å². The highest BCUT2D eigenvalue weighted by molar-refractivity contribution is 9.10. The van der Waals surface area contributed by atoms with Crippen molar-refractivity contribution in [3.8, 4) is 0 Å². The molecule has 0 radical (unpaired) electrons. The number of nitrogens with one attached hydrogen (secondary N) is 1. The first-order valence-corrected chi connectivity index (χ1v) is 6.63. The number of hydrogen-bond donors (Lipinski definition) is 1. The molecule has 0 unspecified atom stereocenters. The van der Waals surface area contributed by atoms with Crippen LogP contribution in [0, 0.1) is 11.6 Å². The van der Waals surface area contributed by atoms with Gasteiger partial charge in [0.1, 0.15) is 11.6 Å². The summed E-state index contributed by atoms with van der Waals surface area (Å²) in [5.41, 5.74) is 0.981. The first-order valence-electron chi connectivity index (χ1n) is 5.05. The Morgan fingerprint density at radius 1 is 1.17 bits per heavy atom. The molecule has 0 spiro atoms. The second kappa shape index (κ2) is 5.75. The van der Waals surface area contributed by atoms with E-state index in [9.17, 15) is 8.78 Å². The molecule has 0 fully saturated rings. The number of anilines is 1. The maximum absolute atomic E-state index is 13.5. The topological polar surface area (TPSA) is 24.9 Å². The molecule has 0 amide bonds. The van der Waals surface area contributed by atoms with Gasteiger partial charge in [-0.05, 0) is 50.1 Å². The molecule has 1 aromatic heterocycles. The fourth-order valence-corrected chi connectivity index (χ4v) is 2.18. The number of nitrogens with zero attached hydrogens (tertiary/aromatic N) is 1. The quantitative estimate of drug-likeness (QED) is 0.851. The number of halogens is 4. The zero-order chi connectivity index (χ0) is 13.1. The van der Waals surface area contributed by atoms with E-state index in [0.29, 0.717) is 11.0 Å². The lowest BCUT2D eigenvalue weighted by Gasteiger charge is -2.09. The van der Waals surface area contributed by atoms with Crippen LogP contribution in [0.1, 0.15) is 5.69 Å². The number of hydrogen-bond acceptors (Lipinski definition) is 2. The lowest BCUT2D eigenvalue weighted by molar-refractivity contribution is 0.583. The summed E-state index contributed by atoms with van der Waals surface area (Å²) in [5, 5.41) is 2.88. The summed E-state index contributed by atoms with van der Waals surface area (Å²) in [6.45, 7) is 0.356. The Balaban J connectivity index is 2.13. The van der Waals surface area contributed by atoms with Gasteiger partial charge in [-0.25, -0.2) is 8.78 Å². The van der Waals surface area contributed by atoms with Gasteiger partial charge in [-0.2, -0.15) is 0 Å². The Morgan fingerprint density at radius 2 is 1.94 bits per heavy atom. The van der Waals surface area contributed by atoms with Crippen molar-refractivity contribution in [2.75, 3.05) is 5.32 Å². The van der Waals surface area contributed by atoms with Crippen molar-refractivity contribution in [2.24, 2.45) is 0 Å². The van der Waals surface area contributed by atoms with Crippen molar-refractivity contribution >= 4 is 37.5 Å². The molecule has 94 valence electrons. The van der Waals surface area contributed by atoms with Gasteiger partial charge < -0.3 is 5.32 Å². The molecule has 0 atom stereocenters. The SMILES string of the molecule is Fc1cc(F)c(NCc2ccc(Br)cn2)c(Br)c1. The highest BCUT2D eigenvalue weighted by Crippen LogP contribution is 2.27. The van der Waals surface area contributed by atoms with E-state index >= 15 is 0 Å². The van der Waals surface area contributed by atoms with Crippen molar-refractivity contribution < 1.29 is 8.78 Å². The molecule has 2 aromatic rings. The number of benzene rings is 1. The Kier molecular flexibility index (Phi) is 4.29. The highest BCUT2D eigenvalue weighted by Gasteiger charge is 2.09. The Morgan fingerprint density at radius 3 is 2.56 bits per heavy atom. The van der Waals surface area contributed by atoms with Crippen LogP contribution in [0.5, 0.6) is 0 Å². The van der Waals surface area contributed by atoms with Gasteiger partial charge in [0.2, 0.25) is 0 Å². The lowest BCUT2D eigenvalue weighted by Crippen LogP contribution is -2.04. The number of pyridine rings is 1. The van der Waals surface area contributed by atoms with Gasteiger partial charge >= 0.3 is 0 Å². The zero-order valence-corrected chi connectivity index (χ0v) is 12.2. The molecule has 6 heteroatoms. The van der Waals surface area contributed by atoms with E-state index in [0.717, 1.165) is 16.2 Å². The third-order valence-corrected chi connectivity index (χ3v) is 3.34. The van der Waals surface area contributed by atoms with Crippen LogP contribution < -0.4 is 5.32 Å². The van der Waals surface area contributed by atoms with Crippen LogP contribution >= 0.6 is 31.9 Å². The van der Waals surface area contributed by atoms with Gasteiger partial charge in [0.15, 0.2) is 0 Å². The molecular formula is C12H8Br2F2N2. The van der Waals surface area contributed by atoms with Crippen LogP contribution in [0.25, 0.3) is 0 Å². The first-order chi connectivity index (χ1) is 8.56. The summed E-state index contributed by atoms with van der Waals surface area (Å²) in [4.78, 5) is 4.15. The maximum atomic E-state index is 13.5. The fraction of sp³-hybridized carbons (Fsp3) is 0.0833. The van der Waals surface area contributed by atoms with Crippen LogP contribution in [0.15, 0.2) is 39.4 Å². The van der Waals surface area contributed by atoms with Crippen molar-refractivity contribution in [2.45, 2.75) is 6.54 Å². The van der Waals surface area contributed by atoms with Crippen LogP contribution in [-0.4, -0.2) is 4.98 Å². The molecule has 2 nitrogen and oxygen atoms in total. The summed E-state index contributed by atoms with van der Waals surface area (Å²) in [6.07, 6.45) is 1.66. The summed E-state index contributed by atoms with van der Waals surface area (Å²) >= 11 is 6.39. The highest BCUT2D eigenvalue weighted by atomic mass is 79.9. The van der Waals surface area contributed by atoms with Crippen LogP contribution in [0.3, 0.4) is 0 Å². The maximum Gasteiger partial charge on any atom is 0.150 e. The normalized spacial score (nSPS) is 10.4. The smallest absolute Gasteiger partial charge is 0.150 e. The van der Waals surface area contributed by atoms with E-state index in [-0.39, 0.29) is 5.69 Å². The Hall–Kier alpha value is -1.01. The second-order valence-electron chi connectivity index (χ2n) is 3.57. The van der Waals surface area contributed by atoms with E-state index in [1.165, 1.54) is 6.07 Å². The van der Waals surface area contributed by atoms with Gasteiger partial charge in [-0.15, -0.1) is 0 Å². The Bertz CT molecular complexity index is 535. The lowest BCUT2D eigenvalue weighted by atomic mass is 10.3. The summed E-state index contributed by atoms with van der Waals surface area (Å²) in [7, 11) is 0. The second-order valence-corrected chi connectivity index (χ2v) is 5.34. The zero-order valence-electron chi connectivity index (χ0n) is 9.05. The summed E-state index contributed by atoms with van der Waals surface area (Å²) in [6, 6.07) is 5.70. The molecule has 0 saturated heterocycles. The van der Waals surface area contributed by atoms with E-state index in [4.69, 9.17) is 0 Å². The third-order valence-electron chi connectivity index (χ3n) is 2.24. The van der Waals surface area contributed by atoms with Crippen LogP contribution in [0.4, 0.5) is 14.5 Å². The standard InChI is InChI=1S/C12H8Br2F2N2/c13-7-1-2-9(17-5-7)6-18-12-10(14)3-8(15)4-11(12)16/h1-5,18H,6H2. The number of rotatable bonds is 3. The molecule has 18 heavy (non-hydrogen) atoms. The molecule has 0 aliphatic heterocycles. The van der Waals surface area contributed by atoms with Crippen LogP contribution in [0.2, 0.25) is 0 Å². The van der Waals surface area contributed by atoms with Crippen molar-refractivity contribution in [1.82, 2.24) is 4.98 Å². The van der Waals surface area contributed by atoms with E-state index < -0.39 is 11.6 Å². The van der Waals surface area contributed by atoms with Crippen molar-refractivity contribution in [3.63, 3.8) is 0 Å². The van der Waals surface area contributed by atoms with Gasteiger partial charge in [-0.3, -0.25) is 4.98 Å². The van der Waals surface area contributed by atoms with Crippen molar-refractivity contribution in [1.29, 1.82) is 0 Å². The molecule has 0 bridgehead atoms. The monoisotopic (exact) mass is 376 g/mol. The molecule has 2 rings (SSSR count). The predicted octanol–water partition coefficient (Wildman–Crippen LogP) is 4.50. The molecular weight excluding hydrogens is 370 g/mol. The fourth-order valence-electron chi connectivity index (χ4n) is 1.40. The predicted molar refractivity (Wildman–Crippen MR) is 73.3 cm³/mol. The summed E-state index contributed by atoms with van der Waals surface area (Å²) in [5.74, 6) is -1.26. The van der Waals surface area contributed by atoms with Gasteiger partial charge in [0.25, 0.3) is 0 Å². The average Bonchev–Trinajstić information content (AvgIpc) is 2.30. The third kappa shape index (κ3) is 3.26. The molecule has 1 N–H and O–H groups in total. The van der Waals surface area contributed by atoms with E-state index in [1.54, 1.807) is 6.20 Å². The Labute approximate surface area is 120 Å². The number of aromatic nitrogens is 1. The molecule has 0 saturated carbocycles. The summed E-state index contributed by atoms with van der Waals surface area (Å²) < 4.78 is 27.6. The van der Waals surface area contributed by atoms with Gasteiger partial charge in [0, 0.05) is 21.2 Å². The average molecular weight is 378 g/mol. The largest absolute Gasteiger partial charge is 0.376 e. The molecule has 1 heterocycles. The van der Waals surface area contributed by atoms with E-state index in [2.05, 4.69) is 42.2 Å². The van der Waals surface area contributed by atoms with Gasteiger partial charge in [-0.1, -0.05) is 0 Å². The van der Waals surface area contributed by atoms with Crippen LogP contribution in [-0.2, 0) is 6.54 Å². The molecule has 1 aromatic carbocycles.